The highest BCUT2D eigenvalue weighted by atomic mass is 32.2. The number of aromatic nitrogens is 4. The summed E-state index contributed by atoms with van der Waals surface area (Å²) in [6, 6.07) is -1.41. The van der Waals surface area contributed by atoms with E-state index in [-0.39, 0.29) is 95.0 Å². The number of phenols is 1. The zero-order chi connectivity index (χ0) is 97.1. The van der Waals surface area contributed by atoms with Gasteiger partial charge < -0.3 is 119 Å². The second-order valence-corrected chi connectivity index (χ2v) is 34.7. The first-order valence-corrected chi connectivity index (χ1v) is 45.4. The van der Waals surface area contributed by atoms with Crippen molar-refractivity contribution < 1.29 is 107 Å². The number of aromatic amines is 3. The number of hydrogen-bond acceptors (Lipinski definition) is 24. The average Bonchev–Trinajstić information content (AvgIpc) is 1.63. The first kappa shape index (κ1) is 103. The number of nitrogens with one attached hydrogen (secondary N) is 14. The molecule has 0 bridgehead atoms. The number of imidazole rings is 1. The number of carboxylic acid groups (broad SMARTS) is 1. The number of rotatable bonds is 25. The van der Waals surface area contributed by atoms with Gasteiger partial charge in [-0.3, -0.25) is 91.6 Å². The van der Waals surface area contributed by atoms with Crippen LogP contribution >= 0.6 is 11.8 Å². The molecule has 6 heterocycles. The summed E-state index contributed by atoms with van der Waals surface area (Å²) in [6.45, 7) is 4.68. The van der Waals surface area contributed by atoms with Crippen LogP contribution in [0.25, 0.3) is 21.8 Å². The summed E-state index contributed by atoms with van der Waals surface area (Å²) in [6.07, 6.45) is 2.91. The number of amides is 16. The van der Waals surface area contributed by atoms with Crippen LogP contribution in [0.4, 0.5) is 0 Å². The first-order valence-electron chi connectivity index (χ1n) is 44.2. The molecule has 0 saturated carbocycles. The van der Waals surface area contributed by atoms with Gasteiger partial charge in [-0.05, 0) is 99.7 Å². The molecule has 0 aliphatic carbocycles. The smallest absolute Gasteiger partial charge is 0.305 e. The minimum Gasteiger partial charge on any atom is -0.508 e. The molecule has 3 fully saturated rings. The van der Waals surface area contributed by atoms with E-state index in [0.717, 1.165) is 36.3 Å². The number of aliphatic hydroxyl groups is 2. The molecule has 0 unspecified atom stereocenters. The number of phenolic OH excluding ortho intramolecular Hbond substituents is 1. The Bertz CT molecular complexity index is 5170. The fourth-order valence-electron chi connectivity index (χ4n) is 16.4. The van der Waals surface area contributed by atoms with Crippen LogP contribution in [0.3, 0.4) is 0 Å². The van der Waals surface area contributed by atoms with Gasteiger partial charge in [0.25, 0.3) is 0 Å². The zero-order valence-electron chi connectivity index (χ0n) is 75.5. The molecule has 15 atom stereocenters. The molecule has 3 aliphatic heterocycles. The number of carbonyl (C=O) groups is 18. The van der Waals surface area contributed by atoms with E-state index in [0.29, 0.717) is 64.2 Å². The van der Waals surface area contributed by atoms with Crippen molar-refractivity contribution in [2.75, 3.05) is 65.4 Å². The van der Waals surface area contributed by atoms with Gasteiger partial charge in [0.15, 0.2) is 11.9 Å². The lowest BCUT2D eigenvalue weighted by molar-refractivity contribution is -0.149. The van der Waals surface area contributed by atoms with Crippen molar-refractivity contribution in [3.63, 3.8) is 0 Å². The second-order valence-electron chi connectivity index (χ2n) is 33.7. The van der Waals surface area contributed by atoms with E-state index < -0.39 is 235 Å². The molecule has 0 spiro atoms. The van der Waals surface area contributed by atoms with Gasteiger partial charge in [-0.2, -0.15) is 0 Å². The minimum atomic E-state index is -2.38. The van der Waals surface area contributed by atoms with Crippen LogP contribution in [0, 0.1) is 0 Å². The summed E-state index contributed by atoms with van der Waals surface area (Å²) in [5, 5.41) is 73.7. The van der Waals surface area contributed by atoms with Crippen LogP contribution in [-0.2, 0) is 112 Å². The molecule has 0 radical (unpaired) electrons. The number of hydrogen-bond donors (Lipinski definition) is 19. The zero-order valence-corrected chi connectivity index (χ0v) is 76.3. The number of aliphatic hydroxyl groups excluding tert-OH is 2. The Kier molecular flexibility index (Phi) is 37.8. The molecule has 3 aromatic carbocycles. The number of primary amides is 1. The number of aliphatic carboxylic acids is 1. The quantitative estimate of drug-likeness (QED) is 0.0205. The number of carbonyl (C=O) groups excluding carboxylic acids is 17. The molecule has 3 aliphatic rings. The van der Waals surface area contributed by atoms with Gasteiger partial charge >= 0.3 is 5.97 Å². The molecule has 6 aromatic rings. The summed E-state index contributed by atoms with van der Waals surface area (Å²) >= 11 is 0.765. The predicted molar refractivity (Wildman–Crippen MR) is 483 cm³/mol. The maximum absolute atomic E-state index is 15.8. The van der Waals surface area contributed by atoms with E-state index >= 15 is 28.8 Å². The minimum absolute atomic E-state index is 0.00276. The number of para-hydroxylation sites is 2. The number of fused-ring (bicyclic) bond motifs is 4. The highest BCUT2D eigenvalue weighted by molar-refractivity contribution is 8.00. The number of nitrogens with zero attached hydrogens (tertiary/aromatic N) is 6. The topological polar surface area (TPSA) is 623 Å². The standard InChI is InChI=1S/C89H121N21O22S/c1-9-11-24-70-82(126)97-49(3)76(120)104-69(78(122)95-42-73(90)116)45-133-46-74(117)98-65(33-52-27-29-56(114)30-28-52)84(128)106(6)50(4)77(121)101-67(37-75(118)119)86(130)109-32-18-26-71(109)83(127)100-63(36-55-41-91-48-96-55)79(123)99-62(23-17-31-92-51(5)113)87(131)110-43-57(115)38-89(110,47-112)105-64(34-53-39-93-60-21-15-13-19-58(53)60)80(124)103-68(44-111)81(125)102-66(35-54-40-94-61-22-16-14-20-59(54)61)85(129)108(8)72(25-12-10-2)88(132)107(70)7/h13-16,19-22,27-30,39-41,47-50,57,62-72,93-94,105,111,114-115H,9-12,17-18,23-26,31-38,42-46H2,1-8H3,(H2,90,116)(H,91,96)(H,92,113)(H,95,122)(H,97,126)(H,98,117)(H,99,123)(H,100,127)(H,101,121)(H,102,125)(H,103,124)(H,104,120)(H,118,119)/t49-,50-,57+,62-,63-,64-,65-,66-,67-,68-,69-,70-,71-,72-,89+/m0/s1. The number of aldehydes is 1. The van der Waals surface area contributed by atoms with Gasteiger partial charge in [-0.25, -0.2) is 4.98 Å². The number of aromatic hydroxyl groups is 1. The van der Waals surface area contributed by atoms with Crippen LogP contribution in [-0.4, -0.2) is 327 Å². The summed E-state index contributed by atoms with van der Waals surface area (Å²) in [4.78, 5) is 279. The van der Waals surface area contributed by atoms with E-state index in [1.807, 2.05) is 13.8 Å². The van der Waals surface area contributed by atoms with Gasteiger partial charge in [0.05, 0.1) is 43.8 Å². The third-order valence-corrected chi connectivity index (χ3v) is 24.9. The number of unbranched alkanes of at least 4 members (excludes halogenated alkanes) is 2. The fourth-order valence-corrected chi connectivity index (χ4v) is 17.3. The largest absolute Gasteiger partial charge is 0.508 e. The van der Waals surface area contributed by atoms with Crippen LogP contribution < -0.4 is 64.2 Å². The van der Waals surface area contributed by atoms with Crippen molar-refractivity contribution in [3.05, 3.63) is 120 Å². The van der Waals surface area contributed by atoms with E-state index in [9.17, 15) is 78.0 Å². The maximum atomic E-state index is 15.8. The number of H-pyrrole nitrogens is 3. The molecule has 3 saturated heterocycles. The molecule has 9 rings (SSSR count). The lowest BCUT2D eigenvalue weighted by atomic mass is 9.99. The van der Waals surface area contributed by atoms with Crippen LogP contribution in [0.15, 0.2) is 97.7 Å². The number of nitrogens with two attached hydrogens (primary N) is 1. The molecule has 20 N–H and O–H groups in total. The Morgan fingerprint density at radius 3 is 1.79 bits per heavy atom. The van der Waals surface area contributed by atoms with Crippen molar-refractivity contribution in [1.82, 2.24) is 103 Å². The highest BCUT2D eigenvalue weighted by Gasteiger charge is 2.52. The Balaban J connectivity index is 1.11. The van der Waals surface area contributed by atoms with Gasteiger partial charge in [0.1, 0.15) is 78.3 Å². The van der Waals surface area contributed by atoms with Gasteiger partial charge in [0.2, 0.25) is 94.5 Å². The number of thioether (sulfide) groups is 1. The Morgan fingerprint density at radius 1 is 0.602 bits per heavy atom. The molecule has 3 aromatic heterocycles. The Labute approximate surface area is 771 Å². The molecule has 133 heavy (non-hydrogen) atoms. The second kappa shape index (κ2) is 48.7. The summed E-state index contributed by atoms with van der Waals surface area (Å²) in [5.41, 5.74) is 5.80. The lowest BCUT2D eigenvalue weighted by Crippen LogP contribution is -2.67. The number of likely N-dealkylation sites (N-methyl/N-ethyl adjacent to an activating group) is 3. The Morgan fingerprint density at radius 2 is 1.18 bits per heavy atom. The average molecular weight is 1870 g/mol. The number of carboxylic acids is 1. The summed E-state index contributed by atoms with van der Waals surface area (Å²) in [5.74, 6) is -17.8. The molecule has 720 valence electrons. The maximum Gasteiger partial charge on any atom is 0.305 e. The molecule has 43 nitrogen and oxygen atoms in total. The monoisotopic (exact) mass is 1870 g/mol. The van der Waals surface area contributed by atoms with Crippen LogP contribution in [0.5, 0.6) is 5.75 Å². The van der Waals surface area contributed by atoms with Crippen molar-refractivity contribution in [2.45, 2.75) is 228 Å². The fraction of sp³-hybridized carbons (Fsp3) is 0.517. The van der Waals surface area contributed by atoms with E-state index in [1.165, 1.54) is 78.7 Å². The number of benzene rings is 3. The lowest BCUT2D eigenvalue weighted by Gasteiger charge is -2.39. The van der Waals surface area contributed by atoms with Crippen molar-refractivity contribution in [3.8, 4) is 5.75 Å². The first-order chi connectivity index (χ1) is 63.4. The highest BCUT2D eigenvalue weighted by Crippen LogP contribution is 2.31. The normalized spacial score (nSPS) is 25.4. The summed E-state index contributed by atoms with van der Waals surface area (Å²) < 4.78 is 0. The van der Waals surface area contributed by atoms with Crippen molar-refractivity contribution in [1.29, 1.82) is 0 Å². The molecular formula is C89H121N21O22S. The predicted octanol–water partition coefficient (Wildman–Crippen LogP) is -2.70. The third kappa shape index (κ3) is 27.9. The van der Waals surface area contributed by atoms with Crippen molar-refractivity contribution in [2.24, 2.45) is 5.73 Å². The van der Waals surface area contributed by atoms with Gasteiger partial charge in [-0.1, -0.05) is 88.1 Å². The van der Waals surface area contributed by atoms with Crippen molar-refractivity contribution >= 4 is 140 Å². The molecular weight excluding hydrogens is 1750 g/mol. The van der Waals surface area contributed by atoms with Gasteiger partial charge in [-0.15, -0.1) is 11.8 Å². The van der Waals surface area contributed by atoms with Crippen LogP contribution in [0.2, 0.25) is 0 Å². The molecule has 44 heteroatoms. The van der Waals surface area contributed by atoms with E-state index in [1.54, 1.807) is 60.9 Å². The Hall–Kier alpha value is -13.4. The van der Waals surface area contributed by atoms with Gasteiger partial charge in [0, 0.05) is 125 Å². The summed E-state index contributed by atoms with van der Waals surface area (Å²) in [7, 11) is 3.86. The molecule has 16 amide bonds. The SMILES string of the molecule is CCCC[C@H]1C(=O)N(C)[C@@H](CCCC)C(=O)N[C@@H](C)C(=O)N[C@H](C(=O)NCC(N)=O)CSCC(=O)N[C@@H](Cc2ccc(O)cc2)C(=O)N(C)[C@@H](C)C(=O)N[C@@H](CC(=O)O)C(=O)N2CCC[C@H]2C(=O)N[C@@H](Cc2cnc[nH]2)C(=O)N[C@@H](CCCNC(C)=O)C(=O)N2C[C@H](O)C[C@@]2(C=O)N[C@@H](Cc2c[nH]c3ccccc23)C(=O)N[C@@H](CO)C(=O)N[C@@H](Cc2c[nH]c3ccccc23)C(=O)N1C. The van der Waals surface area contributed by atoms with Crippen LogP contribution in [0.1, 0.15) is 134 Å². The van der Waals surface area contributed by atoms with E-state index in [2.05, 4.69) is 78.4 Å². The third-order valence-electron chi connectivity index (χ3n) is 23.9. The van der Waals surface area contributed by atoms with E-state index in [4.69, 9.17) is 5.73 Å².